The van der Waals surface area contributed by atoms with Crippen molar-refractivity contribution < 1.29 is 9.90 Å². The van der Waals surface area contributed by atoms with E-state index in [0.717, 1.165) is 11.1 Å². The summed E-state index contributed by atoms with van der Waals surface area (Å²) in [5, 5.41) is 13.9. The van der Waals surface area contributed by atoms with Crippen LogP contribution in [0.3, 0.4) is 0 Å². The number of carbonyl (C=O) groups excluding carboxylic acids is 1. The molecule has 0 saturated heterocycles. The first-order valence-electron chi connectivity index (χ1n) is 9.66. The number of nitrogens with one attached hydrogen (secondary N) is 1. The van der Waals surface area contributed by atoms with Gasteiger partial charge in [0.15, 0.2) is 0 Å². The molecule has 3 nitrogen and oxygen atoms in total. The van der Waals surface area contributed by atoms with Gasteiger partial charge < -0.3 is 10.4 Å². The van der Waals surface area contributed by atoms with E-state index in [2.05, 4.69) is 38.2 Å². The zero-order valence-corrected chi connectivity index (χ0v) is 17.7. The fourth-order valence-corrected chi connectivity index (χ4v) is 3.47. The smallest absolute Gasteiger partial charge is 0.232 e. The molecular formula is C25H26ClNO2. The van der Waals surface area contributed by atoms with Gasteiger partial charge in [0, 0.05) is 17.1 Å². The van der Waals surface area contributed by atoms with Crippen molar-refractivity contribution in [2.75, 3.05) is 0 Å². The fraction of sp³-hybridized carbons (Fsp3) is 0.240. The molecule has 29 heavy (non-hydrogen) atoms. The second-order valence-electron chi connectivity index (χ2n) is 8.21. The molecule has 150 valence electrons. The molecule has 3 aromatic carbocycles. The van der Waals surface area contributed by atoms with Crippen LogP contribution in [0.2, 0.25) is 5.02 Å². The quantitative estimate of drug-likeness (QED) is 0.562. The normalized spacial score (nSPS) is 12.4. The molecule has 0 radical (unpaired) electrons. The van der Waals surface area contributed by atoms with Crippen LogP contribution in [-0.2, 0) is 16.8 Å². The van der Waals surface area contributed by atoms with Gasteiger partial charge in [-0.15, -0.1) is 0 Å². The van der Waals surface area contributed by atoms with Crippen LogP contribution in [-0.4, -0.2) is 11.0 Å². The van der Waals surface area contributed by atoms with Gasteiger partial charge in [0.05, 0.1) is 5.92 Å². The van der Waals surface area contributed by atoms with Gasteiger partial charge in [-0.05, 0) is 40.3 Å². The van der Waals surface area contributed by atoms with Crippen LogP contribution in [0.15, 0.2) is 72.8 Å². The number of amides is 1. The standard InChI is InChI=1S/C25H26ClNO2/c1-25(2,3)19-11-9-17(10-12-19)16-27-24(29)23(18-7-5-4-6-8-18)21-15-20(26)13-14-22(21)28/h4-15,23,28H,16H2,1-3H3,(H,27,29)/t23-/m0/s1. The molecule has 0 aliphatic heterocycles. The molecule has 0 spiro atoms. The van der Waals surface area contributed by atoms with E-state index in [0.29, 0.717) is 17.1 Å². The number of aromatic hydroxyl groups is 1. The third-order valence-corrected chi connectivity index (χ3v) is 5.22. The number of hydrogen-bond donors (Lipinski definition) is 2. The zero-order chi connectivity index (χ0) is 21.0. The lowest BCUT2D eigenvalue weighted by Crippen LogP contribution is -2.29. The number of carbonyl (C=O) groups is 1. The minimum Gasteiger partial charge on any atom is -0.508 e. The Morgan fingerprint density at radius 1 is 1.00 bits per heavy atom. The third-order valence-electron chi connectivity index (χ3n) is 4.98. The van der Waals surface area contributed by atoms with Gasteiger partial charge in [-0.3, -0.25) is 4.79 Å². The Bertz CT molecular complexity index is 976. The van der Waals surface area contributed by atoms with E-state index in [9.17, 15) is 9.90 Å². The van der Waals surface area contributed by atoms with Crippen molar-refractivity contribution in [1.29, 1.82) is 0 Å². The van der Waals surface area contributed by atoms with Crippen LogP contribution in [0, 0.1) is 0 Å². The molecule has 1 atom stereocenters. The van der Waals surface area contributed by atoms with E-state index in [4.69, 9.17) is 11.6 Å². The first kappa shape index (κ1) is 20.9. The van der Waals surface area contributed by atoms with Crippen molar-refractivity contribution in [3.05, 3.63) is 100 Å². The minimum absolute atomic E-state index is 0.0490. The maximum atomic E-state index is 13.1. The maximum Gasteiger partial charge on any atom is 0.232 e. The molecule has 1 amide bonds. The average molecular weight is 408 g/mol. The second-order valence-corrected chi connectivity index (χ2v) is 8.65. The Hall–Kier alpha value is -2.78. The van der Waals surface area contributed by atoms with Gasteiger partial charge in [0.1, 0.15) is 5.75 Å². The number of benzene rings is 3. The predicted molar refractivity (Wildman–Crippen MR) is 118 cm³/mol. The van der Waals surface area contributed by atoms with Crippen LogP contribution in [0.5, 0.6) is 5.75 Å². The van der Waals surface area contributed by atoms with Crippen molar-refractivity contribution in [2.45, 2.75) is 38.6 Å². The molecule has 0 unspecified atom stereocenters. The van der Waals surface area contributed by atoms with Gasteiger partial charge in [-0.25, -0.2) is 0 Å². The third kappa shape index (κ3) is 5.18. The highest BCUT2D eigenvalue weighted by Gasteiger charge is 2.25. The molecule has 0 aliphatic carbocycles. The Balaban J connectivity index is 1.83. The highest BCUT2D eigenvalue weighted by atomic mass is 35.5. The number of phenols is 1. The maximum absolute atomic E-state index is 13.1. The Morgan fingerprint density at radius 2 is 1.66 bits per heavy atom. The number of hydrogen-bond acceptors (Lipinski definition) is 2. The summed E-state index contributed by atoms with van der Waals surface area (Å²) in [6.07, 6.45) is 0. The molecule has 0 fully saturated rings. The summed E-state index contributed by atoms with van der Waals surface area (Å²) in [7, 11) is 0. The van der Waals surface area contributed by atoms with E-state index < -0.39 is 5.92 Å². The highest BCUT2D eigenvalue weighted by Crippen LogP contribution is 2.33. The van der Waals surface area contributed by atoms with E-state index >= 15 is 0 Å². The highest BCUT2D eigenvalue weighted by molar-refractivity contribution is 6.30. The van der Waals surface area contributed by atoms with Crippen molar-refractivity contribution in [3.8, 4) is 5.75 Å². The van der Waals surface area contributed by atoms with Gasteiger partial charge >= 0.3 is 0 Å². The summed E-state index contributed by atoms with van der Waals surface area (Å²) in [6, 6.07) is 22.4. The summed E-state index contributed by atoms with van der Waals surface area (Å²) >= 11 is 6.13. The molecule has 0 aromatic heterocycles. The lowest BCUT2D eigenvalue weighted by molar-refractivity contribution is -0.121. The average Bonchev–Trinajstić information content (AvgIpc) is 2.70. The molecule has 4 heteroatoms. The lowest BCUT2D eigenvalue weighted by atomic mass is 9.86. The molecule has 3 aromatic rings. The summed E-state index contributed by atoms with van der Waals surface area (Å²) in [5.41, 5.74) is 3.64. The Labute approximate surface area is 177 Å². The number of rotatable bonds is 5. The summed E-state index contributed by atoms with van der Waals surface area (Å²) in [4.78, 5) is 13.1. The van der Waals surface area contributed by atoms with E-state index in [-0.39, 0.29) is 17.1 Å². The molecule has 3 rings (SSSR count). The fourth-order valence-electron chi connectivity index (χ4n) is 3.29. The van der Waals surface area contributed by atoms with E-state index in [1.54, 1.807) is 12.1 Å². The van der Waals surface area contributed by atoms with E-state index in [1.165, 1.54) is 11.6 Å². The number of halogens is 1. The molecular weight excluding hydrogens is 382 g/mol. The van der Waals surface area contributed by atoms with Crippen molar-refractivity contribution in [3.63, 3.8) is 0 Å². The summed E-state index contributed by atoms with van der Waals surface area (Å²) in [5.74, 6) is -0.787. The van der Waals surface area contributed by atoms with Crippen LogP contribution in [0.4, 0.5) is 0 Å². The number of phenolic OH excluding ortho intramolecular Hbond substituents is 1. The topological polar surface area (TPSA) is 49.3 Å². The second kappa shape index (κ2) is 8.71. The Morgan fingerprint density at radius 3 is 2.28 bits per heavy atom. The van der Waals surface area contributed by atoms with Crippen LogP contribution in [0.25, 0.3) is 0 Å². The summed E-state index contributed by atoms with van der Waals surface area (Å²) < 4.78 is 0. The van der Waals surface area contributed by atoms with Crippen LogP contribution >= 0.6 is 11.6 Å². The predicted octanol–water partition coefficient (Wildman–Crippen LogP) is 5.79. The van der Waals surface area contributed by atoms with Gasteiger partial charge in [-0.1, -0.05) is 87.0 Å². The molecule has 0 bridgehead atoms. The Kier molecular flexibility index (Phi) is 6.29. The van der Waals surface area contributed by atoms with Gasteiger partial charge in [0.2, 0.25) is 5.91 Å². The monoisotopic (exact) mass is 407 g/mol. The molecule has 0 saturated carbocycles. The molecule has 0 heterocycles. The van der Waals surface area contributed by atoms with Gasteiger partial charge in [0.25, 0.3) is 0 Å². The minimum atomic E-state index is -0.649. The first-order valence-corrected chi connectivity index (χ1v) is 10.0. The molecule has 0 aliphatic rings. The van der Waals surface area contributed by atoms with Crippen molar-refractivity contribution >= 4 is 17.5 Å². The SMILES string of the molecule is CC(C)(C)c1ccc(CNC(=O)[C@@H](c2ccccc2)c2cc(Cl)ccc2O)cc1. The van der Waals surface area contributed by atoms with E-state index in [1.807, 2.05) is 42.5 Å². The van der Waals surface area contributed by atoms with Crippen molar-refractivity contribution in [2.24, 2.45) is 0 Å². The van der Waals surface area contributed by atoms with Crippen LogP contribution < -0.4 is 5.32 Å². The van der Waals surface area contributed by atoms with Crippen molar-refractivity contribution in [1.82, 2.24) is 5.32 Å². The summed E-state index contributed by atoms with van der Waals surface area (Å²) in [6.45, 7) is 6.93. The lowest BCUT2D eigenvalue weighted by Gasteiger charge is -2.20. The van der Waals surface area contributed by atoms with Crippen LogP contribution in [0.1, 0.15) is 48.9 Å². The largest absolute Gasteiger partial charge is 0.508 e. The first-order chi connectivity index (χ1) is 13.8. The van der Waals surface area contributed by atoms with Gasteiger partial charge in [-0.2, -0.15) is 0 Å². The zero-order valence-electron chi connectivity index (χ0n) is 16.9. The molecule has 2 N–H and O–H groups in total.